The molecule has 9 heteroatoms. The first-order valence-electron chi connectivity index (χ1n) is 4.09. The number of halogens is 4. The molecule has 0 aromatic heterocycles. The molecular weight excluding hydrogens is 411 g/mol. The summed E-state index contributed by atoms with van der Waals surface area (Å²) in [6.07, 6.45) is 0. The van der Waals surface area contributed by atoms with E-state index >= 15 is 0 Å². The summed E-state index contributed by atoms with van der Waals surface area (Å²) in [5.41, 5.74) is 15.5. The molecule has 0 aliphatic rings. The molecule has 0 saturated carbocycles. The smallest absolute Gasteiger partial charge is 0.223 e. The predicted molar refractivity (Wildman–Crippen MR) is 73.9 cm³/mol. The van der Waals surface area contributed by atoms with Gasteiger partial charge in [-0.1, -0.05) is 0 Å². The van der Waals surface area contributed by atoms with Crippen LogP contribution in [0.25, 0.3) is 0 Å². The minimum atomic E-state index is -0.792. The molecule has 1 aromatic rings. The molecule has 0 unspecified atom stereocenters. The highest BCUT2D eigenvalue weighted by Crippen LogP contribution is 2.31. The van der Waals surface area contributed by atoms with Gasteiger partial charge < -0.3 is 17.2 Å². The van der Waals surface area contributed by atoms with Crippen molar-refractivity contribution in [3.63, 3.8) is 0 Å². The summed E-state index contributed by atoms with van der Waals surface area (Å²) >= 11 is 4.44. The molecular formula is C8H7BrF2IN5. The number of aliphatic imine (C=N–C) groups is 2. The van der Waals surface area contributed by atoms with Crippen molar-refractivity contribution in [2.45, 2.75) is 0 Å². The predicted octanol–water partition coefficient (Wildman–Crippen LogP) is 1.55. The highest BCUT2D eigenvalue weighted by atomic mass is 127. The Morgan fingerprint density at radius 3 is 2.41 bits per heavy atom. The molecule has 0 amide bonds. The molecule has 5 nitrogen and oxygen atoms in total. The van der Waals surface area contributed by atoms with Gasteiger partial charge in [0.2, 0.25) is 5.96 Å². The van der Waals surface area contributed by atoms with Crippen LogP contribution in [0.15, 0.2) is 20.5 Å². The Kier molecular flexibility index (Phi) is 4.62. The Morgan fingerprint density at radius 2 is 1.88 bits per heavy atom. The molecule has 0 aliphatic heterocycles. The maximum atomic E-state index is 13.5. The van der Waals surface area contributed by atoms with E-state index in [-0.39, 0.29) is 25.6 Å². The zero-order valence-corrected chi connectivity index (χ0v) is 12.0. The second-order valence-electron chi connectivity index (χ2n) is 2.83. The summed E-state index contributed by atoms with van der Waals surface area (Å²) in [7, 11) is 0. The summed E-state index contributed by atoms with van der Waals surface area (Å²) in [4.78, 5) is 7.14. The van der Waals surface area contributed by atoms with Gasteiger partial charge in [-0.25, -0.2) is 13.8 Å². The topological polar surface area (TPSA) is 103 Å². The average molecular weight is 418 g/mol. The number of guanidine groups is 2. The number of hydrogen-bond acceptors (Lipinski definition) is 1. The van der Waals surface area contributed by atoms with Crippen LogP contribution in [0.4, 0.5) is 14.5 Å². The Balaban J connectivity index is 3.30. The third-order valence-electron chi connectivity index (χ3n) is 1.56. The summed E-state index contributed by atoms with van der Waals surface area (Å²) in [5.74, 6) is -2.13. The van der Waals surface area contributed by atoms with E-state index in [9.17, 15) is 8.78 Å². The molecule has 0 heterocycles. The Morgan fingerprint density at radius 1 is 1.29 bits per heavy atom. The lowest BCUT2D eigenvalue weighted by Gasteiger charge is -2.04. The second kappa shape index (κ2) is 5.58. The summed E-state index contributed by atoms with van der Waals surface area (Å²) < 4.78 is 26.6. The van der Waals surface area contributed by atoms with Crippen molar-refractivity contribution in [1.29, 1.82) is 0 Å². The SMILES string of the molecule is NC(N)=NC(N)=Nc1cc(F)c(Br)c(F)c1I. The van der Waals surface area contributed by atoms with E-state index in [1.807, 2.05) is 0 Å². The molecule has 0 spiro atoms. The van der Waals surface area contributed by atoms with Gasteiger partial charge in [-0.3, -0.25) is 0 Å². The highest BCUT2D eigenvalue weighted by Gasteiger charge is 2.14. The molecule has 92 valence electrons. The van der Waals surface area contributed by atoms with Gasteiger partial charge in [0.1, 0.15) is 5.82 Å². The van der Waals surface area contributed by atoms with Gasteiger partial charge in [-0.15, -0.1) is 0 Å². The van der Waals surface area contributed by atoms with Crippen LogP contribution in [0.3, 0.4) is 0 Å². The number of rotatable bonds is 1. The normalized spacial score (nSPS) is 11.4. The monoisotopic (exact) mass is 417 g/mol. The fourth-order valence-corrected chi connectivity index (χ4v) is 2.15. The lowest BCUT2D eigenvalue weighted by Crippen LogP contribution is -2.26. The highest BCUT2D eigenvalue weighted by molar-refractivity contribution is 14.1. The molecule has 17 heavy (non-hydrogen) atoms. The maximum Gasteiger partial charge on any atom is 0.223 e. The van der Waals surface area contributed by atoms with Crippen molar-refractivity contribution in [3.8, 4) is 0 Å². The van der Waals surface area contributed by atoms with E-state index in [1.165, 1.54) is 0 Å². The number of hydrogen-bond donors (Lipinski definition) is 3. The molecule has 6 N–H and O–H groups in total. The van der Waals surface area contributed by atoms with E-state index in [4.69, 9.17) is 17.2 Å². The minimum Gasteiger partial charge on any atom is -0.370 e. The molecule has 0 aliphatic carbocycles. The Labute approximate surface area is 117 Å². The lowest BCUT2D eigenvalue weighted by atomic mass is 10.3. The molecule has 0 radical (unpaired) electrons. The van der Waals surface area contributed by atoms with Crippen LogP contribution in [-0.4, -0.2) is 11.9 Å². The van der Waals surface area contributed by atoms with Crippen molar-refractivity contribution < 1.29 is 8.78 Å². The third kappa shape index (κ3) is 3.49. The van der Waals surface area contributed by atoms with Crippen LogP contribution in [0, 0.1) is 15.2 Å². The van der Waals surface area contributed by atoms with E-state index in [2.05, 4.69) is 25.9 Å². The number of nitrogens with zero attached hydrogens (tertiary/aromatic N) is 2. The van der Waals surface area contributed by atoms with Gasteiger partial charge >= 0.3 is 0 Å². The van der Waals surface area contributed by atoms with Gasteiger partial charge in [-0.05, 0) is 38.5 Å². The van der Waals surface area contributed by atoms with E-state index < -0.39 is 11.6 Å². The van der Waals surface area contributed by atoms with E-state index in [0.29, 0.717) is 0 Å². The average Bonchev–Trinajstić information content (AvgIpc) is 2.21. The lowest BCUT2D eigenvalue weighted by molar-refractivity contribution is 0.567. The number of benzene rings is 1. The van der Waals surface area contributed by atoms with Crippen LogP contribution in [0.5, 0.6) is 0 Å². The zero-order chi connectivity index (χ0) is 13.2. The maximum absolute atomic E-state index is 13.5. The fourth-order valence-electron chi connectivity index (χ4n) is 0.922. The summed E-state index contributed by atoms with van der Waals surface area (Å²) in [6.45, 7) is 0. The quantitative estimate of drug-likeness (QED) is 0.212. The number of nitrogens with two attached hydrogens (primary N) is 3. The Hall–Kier alpha value is -0.970. The van der Waals surface area contributed by atoms with E-state index in [1.54, 1.807) is 22.6 Å². The molecule has 0 saturated heterocycles. The van der Waals surface area contributed by atoms with Crippen LogP contribution < -0.4 is 17.2 Å². The van der Waals surface area contributed by atoms with Gasteiger partial charge in [0, 0.05) is 6.07 Å². The fraction of sp³-hybridized carbons (Fsp3) is 0. The third-order valence-corrected chi connectivity index (χ3v) is 3.32. The summed E-state index contributed by atoms with van der Waals surface area (Å²) in [5, 5.41) is 0. The van der Waals surface area contributed by atoms with Crippen molar-refractivity contribution in [3.05, 3.63) is 25.7 Å². The van der Waals surface area contributed by atoms with Crippen LogP contribution in [0.2, 0.25) is 0 Å². The van der Waals surface area contributed by atoms with Crippen molar-refractivity contribution in [2.24, 2.45) is 27.2 Å². The van der Waals surface area contributed by atoms with Gasteiger partial charge in [0.25, 0.3) is 0 Å². The van der Waals surface area contributed by atoms with Crippen molar-refractivity contribution in [2.75, 3.05) is 0 Å². The largest absolute Gasteiger partial charge is 0.370 e. The van der Waals surface area contributed by atoms with Gasteiger partial charge in [-0.2, -0.15) is 4.99 Å². The van der Waals surface area contributed by atoms with Crippen molar-refractivity contribution in [1.82, 2.24) is 0 Å². The Bertz CT molecular complexity index is 513. The standard InChI is InChI=1S/C8H7BrF2IN5/c9-4-2(10)1-3(6(12)5(4)11)16-8(15)17-7(13)14/h1H,(H6,13,14,15,16,17). The van der Waals surface area contributed by atoms with Crippen LogP contribution >= 0.6 is 38.5 Å². The van der Waals surface area contributed by atoms with Gasteiger partial charge in [0.05, 0.1) is 13.7 Å². The summed E-state index contributed by atoms with van der Waals surface area (Å²) in [6, 6.07) is 1.02. The van der Waals surface area contributed by atoms with Crippen molar-refractivity contribution >= 4 is 56.1 Å². The minimum absolute atomic E-state index is 0.00583. The van der Waals surface area contributed by atoms with Crippen LogP contribution in [0.1, 0.15) is 0 Å². The first-order valence-corrected chi connectivity index (χ1v) is 5.97. The molecule has 1 rings (SSSR count). The second-order valence-corrected chi connectivity index (χ2v) is 4.70. The first kappa shape index (κ1) is 14.1. The van der Waals surface area contributed by atoms with E-state index in [0.717, 1.165) is 6.07 Å². The molecule has 0 fully saturated rings. The van der Waals surface area contributed by atoms with Gasteiger partial charge in [0.15, 0.2) is 11.8 Å². The van der Waals surface area contributed by atoms with Crippen LogP contribution in [-0.2, 0) is 0 Å². The molecule has 0 bridgehead atoms. The molecule has 1 aromatic carbocycles. The zero-order valence-electron chi connectivity index (χ0n) is 8.22. The molecule has 0 atom stereocenters. The first-order chi connectivity index (χ1) is 7.82.